The standard InChI is InChI=1S/C14H13FN2O3/c1-9-12(3-2-4-13(9)17(19)20)16-8-10-7-11(15)5-6-14(10)18/h2-7,16,18H,8H2,1H3. The van der Waals surface area contributed by atoms with Crippen LogP contribution in [0.2, 0.25) is 0 Å². The molecular weight excluding hydrogens is 263 g/mol. The van der Waals surface area contributed by atoms with Crippen LogP contribution in [0.1, 0.15) is 11.1 Å². The molecule has 2 rings (SSSR count). The maximum Gasteiger partial charge on any atom is 0.274 e. The lowest BCUT2D eigenvalue weighted by Crippen LogP contribution is -2.03. The largest absolute Gasteiger partial charge is 0.508 e. The van der Waals surface area contributed by atoms with E-state index in [1.165, 1.54) is 18.2 Å². The van der Waals surface area contributed by atoms with Crippen molar-refractivity contribution >= 4 is 11.4 Å². The van der Waals surface area contributed by atoms with Crippen LogP contribution in [-0.2, 0) is 6.54 Å². The molecule has 0 amide bonds. The Morgan fingerprint density at radius 3 is 2.80 bits per heavy atom. The number of rotatable bonds is 4. The van der Waals surface area contributed by atoms with Gasteiger partial charge in [0, 0.05) is 29.4 Å². The highest BCUT2D eigenvalue weighted by Gasteiger charge is 2.13. The van der Waals surface area contributed by atoms with Crippen LogP contribution in [0.5, 0.6) is 5.75 Å². The molecule has 0 saturated carbocycles. The van der Waals surface area contributed by atoms with E-state index in [0.29, 0.717) is 16.8 Å². The van der Waals surface area contributed by atoms with Crippen molar-refractivity contribution in [3.05, 3.63) is 63.5 Å². The van der Waals surface area contributed by atoms with Crippen molar-refractivity contribution in [1.29, 1.82) is 0 Å². The summed E-state index contributed by atoms with van der Waals surface area (Å²) >= 11 is 0. The number of halogens is 1. The fourth-order valence-electron chi connectivity index (χ4n) is 1.90. The minimum absolute atomic E-state index is 0.0125. The summed E-state index contributed by atoms with van der Waals surface area (Å²) in [6, 6.07) is 8.33. The molecule has 0 bridgehead atoms. The molecule has 0 spiro atoms. The van der Waals surface area contributed by atoms with E-state index in [2.05, 4.69) is 5.32 Å². The molecule has 0 atom stereocenters. The average Bonchev–Trinajstić information content (AvgIpc) is 2.41. The molecule has 0 radical (unpaired) electrons. The molecule has 2 N–H and O–H groups in total. The second kappa shape index (κ2) is 5.56. The van der Waals surface area contributed by atoms with Crippen LogP contribution in [0.25, 0.3) is 0 Å². The predicted molar refractivity (Wildman–Crippen MR) is 73.2 cm³/mol. The van der Waals surface area contributed by atoms with E-state index in [1.54, 1.807) is 19.1 Å². The van der Waals surface area contributed by atoms with E-state index in [0.717, 1.165) is 6.07 Å². The topological polar surface area (TPSA) is 75.4 Å². The zero-order chi connectivity index (χ0) is 14.7. The Labute approximate surface area is 114 Å². The first-order chi connectivity index (χ1) is 9.49. The van der Waals surface area contributed by atoms with Gasteiger partial charge >= 0.3 is 0 Å². The van der Waals surface area contributed by atoms with E-state index in [1.807, 2.05) is 0 Å². The first kappa shape index (κ1) is 13.8. The van der Waals surface area contributed by atoms with Gasteiger partial charge in [-0.3, -0.25) is 10.1 Å². The van der Waals surface area contributed by atoms with Gasteiger partial charge in [0.15, 0.2) is 0 Å². The average molecular weight is 276 g/mol. The highest BCUT2D eigenvalue weighted by Crippen LogP contribution is 2.26. The highest BCUT2D eigenvalue weighted by molar-refractivity contribution is 5.60. The SMILES string of the molecule is Cc1c(NCc2cc(F)ccc2O)cccc1[N+](=O)[O-]. The van der Waals surface area contributed by atoms with Gasteiger partial charge in [0.1, 0.15) is 11.6 Å². The maximum absolute atomic E-state index is 13.1. The third kappa shape index (κ3) is 2.85. The fraction of sp³-hybridized carbons (Fsp3) is 0.143. The number of nitrogens with zero attached hydrogens (tertiary/aromatic N) is 1. The van der Waals surface area contributed by atoms with Crippen LogP contribution in [0, 0.1) is 22.9 Å². The van der Waals surface area contributed by atoms with E-state index in [-0.39, 0.29) is 18.0 Å². The first-order valence-electron chi connectivity index (χ1n) is 5.94. The van der Waals surface area contributed by atoms with Gasteiger partial charge < -0.3 is 10.4 Å². The number of anilines is 1. The van der Waals surface area contributed by atoms with Crippen LogP contribution < -0.4 is 5.32 Å². The molecule has 2 aromatic carbocycles. The monoisotopic (exact) mass is 276 g/mol. The third-order valence-electron chi connectivity index (χ3n) is 3.01. The Balaban J connectivity index is 2.21. The number of nitro groups is 1. The molecule has 104 valence electrons. The highest BCUT2D eigenvalue weighted by atomic mass is 19.1. The molecule has 0 aliphatic heterocycles. The van der Waals surface area contributed by atoms with Gasteiger partial charge in [-0.2, -0.15) is 0 Å². The lowest BCUT2D eigenvalue weighted by molar-refractivity contribution is -0.385. The van der Waals surface area contributed by atoms with Gasteiger partial charge in [0.2, 0.25) is 0 Å². The summed E-state index contributed by atoms with van der Waals surface area (Å²) in [5.41, 5.74) is 1.46. The Hall–Kier alpha value is -2.63. The van der Waals surface area contributed by atoms with Gasteiger partial charge in [-0.25, -0.2) is 4.39 Å². The molecule has 0 aliphatic rings. The van der Waals surface area contributed by atoms with Gasteiger partial charge in [-0.1, -0.05) is 6.07 Å². The number of benzene rings is 2. The zero-order valence-corrected chi connectivity index (χ0v) is 10.8. The maximum atomic E-state index is 13.1. The molecule has 0 unspecified atom stereocenters. The van der Waals surface area contributed by atoms with Gasteiger partial charge in [0.25, 0.3) is 5.69 Å². The molecule has 20 heavy (non-hydrogen) atoms. The number of phenols is 1. The number of hydrogen-bond donors (Lipinski definition) is 2. The minimum Gasteiger partial charge on any atom is -0.508 e. The molecule has 6 heteroatoms. The molecular formula is C14H13FN2O3. The van der Waals surface area contributed by atoms with Gasteiger partial charge in [0.05, 0.1) is 4.92 Å². The summed E-state index contributed by atoms with van der Waals surface area (Å²) in [6.45, 7) is 1.80. The van der Waals surface area contributed by atoms with Gasteiger partial charge in [-0.05, 0) is 31.2 Å². The number of nitro benzene ring substituents is 1. The number of hydrogen-bond acceptors (Lipinski definition) is 4. The van der Waals surface area contributed by atoms with E-state index < -0.39 is 10.7 Å². The van der Waals surface area contributed by atoms with Crippen LogP contribution in [0.15, 0.2) is 36.4 Å². The molecule has 0 heterocycles. The first-order valence-corrected chi connectivity index (χ1v) is 5.94. The predicted octanol–water partition coefficient (Wildman–Crippen LogP) is 3.36. The van der Waals surface area contributed by atoms with Crippen LogP contribution in [-0.4, -0.2) is 10.0 Å². The van der Waals surface area contributed by atoms with Gasteiger partial charge in [-0.15, -0.1) is 0 Å². The van der Waals surface area contributed by atoms with Crippen molar-refractivity contribution in [1.82, 2.24) is 0 Å². The lowest BCUT2D eigenvalue weighted by atomic mass is 10.1. The van der Waals surface area contributed by atoms with E-state index in [9.17, 15) is 19.6 Å². The molecule has 0 fully saturated rings. The minimum atomic E-state index is -0.458. The molecule has 0 aliphatic carbocycles. The molecule has 2 aromatic rings. The fourth-order valence-corrected chi connectivity index (χ4v) is 1.90. The quantitative estimate of drug-likeness (QED) is 0.663. The Morgan fingerprint density at radius 2 is 2.10 bits per heavy atom. The third-order valence-corrected chi connectivity index (χ3v) is 3.01. The van der Waals surface area contributed by atoms with Crippen molar-refractivity contribution in [2.45, 2.75) is 13.5 Å². The van der Waals surface area contributed by atoms with E-state index >= 15 is 0 Å². The van der Waals surface area contributed by atoms with Crippen molar-refractivity contribution < 1.29 is 14.4 Å². The molecule has 0 saturated heterocycles. The van der Waals surface area contributed by atoms with Crippen molar-refractivity contribution in [3.63, 3.8) is 0 Å². The Bertz CT molecular complexity index is 659. The van der Waals surface area contributed by atoms with Crippen LogP contribution in [0.3, 0.4) is 0 Å². The second-order valence-electron chi connectivity index (χ2n) is 4.33. The summed E-state index contributed by atoms with van der Waals surface area (Å²) in [4.78, 5) is 10.4. The number of aromatic hydroxyl groups is 1. The Morgan fingerprint density at radius 1 is 1.35 bits per heavy atom. The van der Waals surface area contributed by atoms with Crippen molar-refractivity contribution in [2.24, 2.45) is 0 Å². The zero-order valence-electron chi connectivity index (χ0n) is 10.8. The number of phenolic OH excluding ortho intramolecular Hbond substituents is 1. The summed E-state index contributed by atoms with van der Waals surface area (Å²) < 4.78 is 13.1. The van der Waals surface area contributed by atoms with Crippen molar-refractivity contribution in [3.8, 4) is 5.75 Å². The summed E-state index contributed by atoms with van der Waals surface area (Å²) in [7, 11) is 0. The number of nitrogens with one attached hydrogen (secondary N) is 1. The molecule has 5 nitrogen and oxygen atoms in total. The van der Waals surface area contributed by atoms with E-state index in [4.69, 9.17) is 0 Å². The van der Waals surface area contributed by atoms with Crippen LogP contribution >= 0.6 is 0 Å². The molecule has 0 aromatic heterocycles. The summed E-state index contributed by atoms with van der Waals surface area (Å²) in [5, 5.41) is 23.4. The second-order valence-corrected chi connectivity index (χ2v) is 4.33. The van der Waals surface area contributed by atoms with Crippen molar-refractivity contribution in [2.75, 3.05) is 5.32 Å². The van der Waals surface area contributed by atoms with Crippen LogP contribution in [0.4, 0.5) is 15.8 Å². The smallest absolute Gasteiger partial charge is 0.274 e. The summed E-state index contributed by atoms with van der Waals surface area (Å²) in [5.74, 6) is -0.475. The lowest BCUT2D eigenvalue weighted by Gasteiger charge is -2.10. The summed E-state index contributed by atoms with van der Waals surface area (Å²) in [6.07, 6.45) is 0. The normalized spacial score (nSPS) is 10.3. The Kier molecular flexibility index (Phi) is 3.84.